The third kappa shape index (κ3) is 2.27. The fraction of sp³-hybridized carbons (Fsp3) is 0.533. The lowest BCUT2D eigenvalue weighted by molar-refractivity contribution is -0.122. The molecule has 0 radical (unpaired) electrons. The summed E-state index contributed by atoms with van der Waals surface area (Å²) in [7, 11) is 0. The number of aliphatic hydroxyl groups is 1. The maximum atomic E-state index is 12.2. The molecular weight excluding hydrogens is 226 g/mol. The summed E-state index contributed by atoms with van der Waals surface area (Å²) in [6.45, 7) is 6.18. The fourth-order valence-corrected chi connectivity index (χ4v) is 2.20. The average Bonchev–Trinajstić information content (AvgIpc) is 3.12. The molecule has 3 nitrogen and oxygen atoms in total. The van der Waals surface area contributed by atoms with Gasteiger partial charge in [-0.3, -0.25) is 4.79 Å². The molecule has 1 amide bonds. The Bertz CT molecular complexity index is 462. The van der Waals surface area contributed by atoms with E-state index < -0.39 is 5.41 Å². The van der Waals surface area contributed by atoms with Gasteiger partial charge in [0.2, 0.25) is 5.91 Å². The largest absolute Gasteiger partial charge is 0.395 e. The van der Waals surface area contributed by atoms with Gasteiger partial charge < -0.3 is 10.4 Å². The Morgan fingerprint density at radius 3 is 2.61 bits per heavy atom. The quantitative estimate of drug-likeness (QED) is 0.859. The van der Waals surface area contributed by atoms with Crippen LogP contribution < -0.4 is 5.32 Å². The van der Waals surface area contributed by atoms with Crippen molar-refractivity contribution in [2.24, 2.45) is 5.41 Å². The highest BCUT2D eigenvalue weighted by molar-refractivity contribution is 5.98. The second-order valence-electron chi connectivity index (χ2n) is 5.59. The predicted molar refractivity (Wildman–Crippen MR) is 72.7 cm³/mol. The molecule has 1 aliphatic carbocycles. The van der Waals surface area contributed by atoms with Gasteiger partial charge in [-0.15, -0.1) is 0 Å². The molecule has 0 atom stereocenters. The lowest BCUT2D eigenvalue weighted by atomic mass is 9.97. The van der Waals surface area contributed by atoms with Gasteiger partial charge in [0.15, 0.2) is 0 Å². The predicted octanol–water partition coefficient (Wildman–Crippen LogP) is 2.83. The number of anilines is 1. The van der Waals surface area contributed by atoms with Crippen LogP contribution in [-0.2, 0) is 4.79 Å². The Kier molecular flexibility index (Phi) is 3.44. The Hall–Kier alpha value is -1.35. The van der Waals surface area contributed by atoms with E-state index in [4.69, 9.17) is 0 Å². The molecule has 0 aromatic heterocycles. The van der Waals surface area contributed by atoms with Crippen LogP contribution in [0.3, 0.4) is 0 Å². The molecule has 1 aromatic rings. The molecule has 98 valence electrons. The topological polar surface area (TPSA) is 49.3 Å². The maximum Gasteiger partial charge on any atom is 0.232 e. The zero-order chi connectivity index (χ0) is 13.3. The van der Waals surface area contributed by atoms with Crippen LogP contribution in [0.1, 0.15) is 43.7 Å². The number of hydrogen-bond donors (Lipinski definition) is 2. The highest BCUT2D eigenvalue weighted by Crippen LogP contribution is 2.46. The van der Waals surface area contributed by atoms with E-state index in [1.807, 2.05) is 25.1 Å². The molecule has 1 aliphatic rings. The van der Waals surface area contributed by atoms with Crippen molar-refractivity contribution in [2.45, 2.75) is 39.5 Å². The summed E-state index contributed by atoms with van der Waals surface area (Å²) < 4.78 is 0. The smallest absolute Gasteiger partial charge is 0.232 e. The molecule has 1 fully saturated rings. The van der Waals surface area contributed by atoms with Crippen LogP contribution in [0.2, 0.25) is 0 Å². The molecule has 2 rings (SSSR count). The first kappa shape index (κ1) is 13.1. The fourth-order valence-electron chi connectivity index (χ4n) is 2.20. The summed E-state index contributed by atoms with van der Waals surface area (Å²) in [5, 5.41) is 12.3. The molecule has 0 aliphatic heterocycles. The summed E-state index contributed by atoms with van der Waals surface area (Å²) in [6, 6.07) is 6.06. The van der Waals surface area contributed by atoms with Crippen molar-refractivity contribution in [3.63, 3.8) is 0 Å². The SMILES string of the molecule is Cc1cccc(C(C)C)c1NC(=O)C1(CO)CC1. The monoisotopic (exact) mass is 247 g/mol. The molecule has 18 heavy (non-hydrogen) atoms. The molecule has 0 heterocycles. The van der Waals surface area contributed by atoms with Crippen molar-refractivity contribution in [2.75, 3.05) is 11.9 Å². The average molecular weight is 247 g/mol. The number of carbonyl (C=O) groups excluding carboxylic acids is 1. The van der Waals surface area contributed by atoms with Gasteiger partial charge in [-0.05, 0) is 36.8 Å². The van der Waals surface area contributed by atoms with E-state index in [-0.39, 0.29) is 12.5 Å². The van der Waals surface area contributed by atoms with Crippen molar-refractivity contribution in [3.05, 3.63) is 29.3 Å². The van der Waals surface area contributed by atoms with Crippen LogP contribution >= 0.6 is 0 Å². The third-order valence-corrected chi connectivity index (χ3v) is 3.80. The van der Waals surface area contributed by atoms with Crippen LogP contribution in [0.4, 0.5) is 5.69 Å². The van der Waals surface area contributed by atoms with E-state index in [9.17, 15) is 9.90 Å². The molecule has 0 spiro atoms. The lowest BCUT2D eigenvalue weighted by Gasteiger charge is -2.19. The number of benzene rings is 1. The Morgan fingerprint density at radius 2 is 2.11 bits per heavy atom. The number of aryl methyl sites for hydroxylation is 1. The number of para-hydroxylation sites is 1. The molecule has 2 N–H and O–H groups in total. The van der Waals surface area contributed by atoms with Gasteiger partial charge in [0.05, 0.1) is 12.0 Å². The first-order chi connectivity index (χ1) is 8.50. The number of amides is 1. The molecule has 0 unspecified atom stereocenters. The Morgan fingerprint density at radius 1 is 1.44 bits per heavy atom. The number of carbonyl (C=O) groups is 1. The van der Waals surface area contributed by atoms with Crippen LogP contribution in [0.25, 0.3) is 0 Å². The van der Waals surface area contributed by atoms with Gasteiger partial charge in [-0.1, -0.05) is 32.0 Å². The molecular formula is C15H21NO2. The van der Waals surface area contributed by atoms with E-state index in [1.165, 1.54) is 0 Å². The van der Waals surface area contributed by atoms with E-state index in [2.05, 4.69) is 19.2 Å². The van der Waals surface area contributed by atoms with Crippen molar-refractivity contribution in [1.82, 2.24) is 0 Å². The van der Waals surface area contributed by atoms with E-state index in [0.29, 0.717) is 5.92 Å². The van der Waals surface area contributed by atoms with Gasteiger partial charge in [0.25, 0.3) is 0 Å². The first-order valence-corrected chi connectivity index (χ1v) is 6.52. The van der Waals surface area contributed by atoms with E-state index >= 15 is 0 Å². The van der Waals surface area contributed by atoms with Crippen LogP contribution in [-0.4, -0.2) is 17.6 Å². The lowest BCUT2D eigenvalue weighted by Crippen LogP contribution is -2.28. The number of hydrogen-bond acceptors (Lipinski definition) is 2. The van der Waals surface area contributed by atoms with E-state index in [0.717, 1.165) is 29.7 Å². The Balaban J connectivity index is 2.26. The minimum absolute atomic E-state index is 0.0406. The second-order valence-corrected chi connectivity index (χ2v) is 5.59. The minimum atomic E-state index is -0.517. The van der Waals surface area contributed by atoms with Crippen molar-refractivity contribution < 1.29 is 9.90 Å². The van der Waals surface area contributed by atoms with Gasteiger partial charge in [-0.25, -0.2) is 0 Å². The number of rotatable bonds is 4. The summed E-state index contributed by atoms with van der Waals surface area (Å²) in [4.78, 5) is 12.2. The molecule has 1 aromatic carbocycles. The van der Waals surface area contributed by atoms with Gasteiger partial charge in [0.1, 0.15) is 0 Å². The van der Waals surface area contributed by atoms with Crippen LogP contribution in [0, 0.1) is 12.3 Å². The summed E-state index contributed by atoms with van der Waals surface area (Å²) in [6.07, 6.45) is 1.58. The number of nitrogens with one attached hydrogen (secondary N) is 1. The van der Waals surface area contributed by atoms with E-state index in [1.54, 1.807) is 0 Å². The highest BCUT2D eigenvalue weighted by atomic mass is 16.3. The van der Waals surface area contributed by atoms with Crippen molar-refractivity contribution >= 4 is 11.6 Å². The van der Waals surface area contributed by atoms with Gasteiger partial charge >= 0.3 is 0 Å². The van der Waals surface area contributed by atoms with Gasteiger partial charge in [0, 0.05) is 5.69 Å². The molecule has 1 saturated carbocycles. The molecule has 3 heteroatoms. The van der Waals surface area contributed by atoms with Gasteiger partial charge in [-0.2, -0.15) is 0 Å². The maximum absolute atomic E-state index is 12.2. The molecule has 0 saturated heterocycles. The summed E-state index contributed by atoms with van der Waals surface area (Å²) in [5.74, 6) is 0.325. The Labute approximate surface area is 108 Å². The molecule has 0 bridgehead atoms. The van der Waals surface area contributed by atoms with Crippen LogP contribution in [0.15, 0.2) is 18.2 Å². The first-order valence-electron chi connectivity index (χ1n) is 6.52. The normalized spacial score (nSPS) is 16.7. The zero-order valence-electron chi connectivity index (χ0n) is 11.3. The van der Waals surface area contributed by atoms with Crippen LogP contribution in [0.5, 0.6) is 0 Å². The second kappa shape index (κ2) is 4.73. The van der Waals surface area contributed by atoms with Crippen molar-refractivity contribution in [1.29, 1.82) is 0 Å². The number of aliphatic hydroxyl groups excluding tert-OH is 1. The summed E-state index contributed by atoms with van der Waals surface area (Å²) >= 11 is 0. The zero-order valence-corrected chi connectivity index (χ0v) is 11.3. The minimum Gasteiger partial charge on any atom is -0.395 e. The third-order valence-electron chi connectivity index (χ3n) is 3.80. The highest BCUT2D eigenvalue weighted by Gasteiger charge is 2.49. The standard InChI is InChI=1S/C15H21NO2/c1-10(2)12-6-4-5-11(3)13(12)16-14(18)15(9-17)7-8-15/h4-6,10,17H,7-9H2,1-3H3,(H,16,18). The summed E-state index contributed by atoms with van der Waals surface area (Å²) in [5.41, 5.74) is 2.62. The van der Waals surface area contributed by atoms with Crippen molar-refractivity contribution in [3.8, 4) is 0 Å².